The molecule has 0 fully saturated rings. The summed E-state index contributed by atoms with van der Waals surface area (Å²) in [7, 11) is 0. The van der Waals surface area contributed by atoms with Crippen LogP contribution in [0.3, 0.4) is 0 Å². The summed E-state index contributed by atoms with van der Waals surface area (Å²) in [5, 5.41) is 11.2. The summed E-state index contributed by atoms with van der Waals surface area (Å²) in [6.07, 6.45) is 0.647. The molecule has 1 amide bonds. The number of para-hydroxylation sites is 1. The molecule has 106 valence electrons. The molecule has 0 radical (unpaired) electrons. The normalized spacial score (nSPS) is 13.1. The number of carbonyl (C=O) groups is 1. The molecule has 2 aromatic carbocycles. The molecule has 0 unspecified atom stereocenters. The Kier molecular flexibility index (Phi) is 3.17. The number of nitrogens with zero attached hydrogens (tertiary/aromatic N) is 2. The van der Waals surface area contributed by atoms with Crippen molar-refractivity contribution in [2.24, 2.45) is 0 Å². The van der Waals surface area contributed by atoms with Crippen molar-refractivity contribution in [1.29, 1.82) is 0 Å². The number of amides is 1. The molecule has 1 aliphatic rings. The largest absolute Gasteiger partial charge is 0.302 e. The topological polar surface area (TPSA) is 63.5 Å². The molecule has 5 nitrogen and oxygen atoms in total. The third kappa shape index (κ3) is 2.27. The number of carbonyl (C=O) groups excluding carboxylic acids is 1. The van der Waals surface area contributed by atoms with Gasteiger partial charge < -0.3 is 4.90 Å². The lowest BCUT2D eigenvalue weighted by Gasteiger charge is -2.17. The number of aryl methyl sites for hydroxylation is 1. The molecular weight excluding hydrogens is 268 g/mol. The second-order valence-electron chi connectivity index (χ2n) is 5.12. The van der Waals surface area contributed by atoms with Crippen LogP contribution in [-0.4, -0.2) is 17.4 Å². The van der Waals surface area contributed by atoms with Crippen molar-refractivity contribution >= 4 is 17.3 Å². The number of hydrogen-bond acceptors (Lipinski definition) is 3. The van der Waals surface area contributed by atoms with Gasteiger partial charge in [0.05, 0.1) is 4.92 Å². The van der Waals surface area contributed by atoms with Crippen LogP contribution in [0.25, 0.3) is 0 Å². The van der Waals surface area contributed by atoms with Gasteiger partial charge in [0.1, 0.15) is 5.69 Å². The Morgan fingerprint density at radius 2 is 2.00 bits per heavy atom. The molecule has 0 saturated heterocycles. The van der Waals surface area contributed by atoms with Crippen molar-refractivity contribution in [3.05, 3.63) is 69.3 Å². The summed E-state index contributed by atoms with van der Waals surface area (Å²) in [5.74, 6) is -0.188. The highest BCUT2D eigenvalue weighted by molar-refractivity contribution is 6.08. The van der Waals surface area contributed by atoms with Crippen LogP contribution in [0, 0.1) is 17.0 Å². The van der Waals surface area contributed by atoms with Crippen molar-refractivity contribution in [3.8, 4) is 0 Å². The molecule has 2 aromatic rings. The lowest BCUT2D eigenvalue weighted by molar-refractivity contribution is -0.384. The van der Waals surface area contributed by atoms with Gasteiger partial charge in [-0.2, -0.15) is 0 Å². The zero-order valence-electron chi connectivity index (χ0n) is 11.6. The average molecular weight is 282 g/mol. The van der Waals surface area contributed by atoms with Crippen LogP contribution in [0.2, 0.25) is 0 Å². The zero-order valence-corrected chi connectivity index (χ0v) is 11.6. The molecule has 0 N–H and O–H groups in total. The van der Waals surface area contributed by atoms with Crippen molar-refractivity contribution < 1.29 is 9.72 Å². The first-order valence-electron chi connectivity index (χ1n) is 6.73. The summed E-state index contributed by atoms with van der Waals surface area (Å²) >= 11 is 0. The zero-order chi connectivity index (χ0) is 15.0. The molecule has 1 heterocycles. The molecule has 0 atom stereocenters. The second-order valence-corrected chi connectivity index (χ2v) is 5.12. The van der Waals surface area contributed by atoms with Crippen molar-refractivity contribution in [3.63, 3.8) is 0 Å². The van der Waals surface area contributed by atoms with E-state index in [4.69, 9.17) is 0 Å². The highest BCUT2D eigenvalue weighted by Crippen LogP contribution is 2.37. The van der Waals surface area contributed by atoms with Crippen molar-refractivity contribution in [1.82, 2.24) is 0 Å². The average Bonchev–Trinajstić information content (AvgIpc) is 2.90. The molecule has 0 spiro atoms. The van der Waals surface area contributed by atoms with Gasteiger partial charge in [-0.3, -0.25) is 14.9 Å². The highest BCUT2D eigenvalue weighted by Gasteiger charge is 2.32. The number of fused-ring (bicyclic) bond motifs is 1. The standard InChI is InChI=1S/C16H14N2O3/c1-11-4-2-6-13(10-11)16(19)17-9-8-12-5-3-7-14(15(12)17)18(20)21/h2-7,10H,8-9H2,1H3. The van der Waals surface area contributed by atoms with E-state index in [2.05, 4.69) is 0 Å². The molecule has 3 rings (SSSR count). The summed E-state index contributed by atoms with van der Waals surface area (Å²) < 4.78 is 0. The minimum atomic E-state index is -0.430. The van der Waals surface area contributed by atoms with Gasteiger partial charge in [0, 0.05) is 18.2 Å². The van der Waals surface area contributed by atoms with Crippen LogP contribution in [0.5, 0.6) is 0 Å². The molecule has 0 aromatic heterocycles. The maximum absolute atomic E-state index is 12.6. The van der Waals surface area contributed by atoms with E-state index in [9.17, 15) is 14.9 Å². The fraction of sp³-hybridized carbons (Fsp3) is 0.188. The predicted octanol–water partition coefficient (Wildman–Crippen LogP) is 3.11. The molecule has 0 saturated carbocycles. The van der Waals surface area contributed by atoms with Crippen LogP contribution in [0.15, 0.2) is 42.5 Å². The lowest BCUT2D eigenvalue weighted by Crippen LogP contribution is -2.29. The smallest absolute Gasteiger partial charge is 0.293 e. The maximum atomic E-state index is 12.6. The first-order valence-corrected chi connectivity index (χ1v) is 6.73. The number of nitro groups is 1. The summed E-state index contributed by atoms with van der Waals surface area (Å²) in [6, 6.07) is 12.2. The van der Waals surface area contributed by atoms with E-state index in [0.717, 1.165) is 11.1 Å². The van der Waals surface area contributed by atoms with Gasteiger partial charge in [0.15, 0.2) is 0 Å². The Labute approximate surface area is 122 Å². The minimum absolute atomic E-state index is 0.00833. The Morgan fingerprint density at radius 3 is 2.71 bits per heavy atom. The molecule has 0 aliphatic carbocycles. The van der Waals surface area contributed by atoms with Crippen LogP contribution < -0.4 is 4.90 Å². The summed E-state index contributed by atoms with van der Waals surface area (Å²) in [5.41, 5.74) is 2.83. The number of anilines is 1. The Morgan fingerprint density at radius 1 is 1.24 bits per heavy atom. The van der Waals surface area contributed by atoms with Gasteiger partial charge in [-0.25, -0.2) is 0 Å². The predicted molar refractivity (Wildman–Crippen MR) is 79.7 cm³/mol. The molecule has 5 heteroatoms. The first-order chi connectivity index (χ1) is 10.1. The monoisotopic (exact) mass is 282 g/mol. The number of rotatable bonds is 2. The maximum Gasteiger partial charge on any atom is 0.293 e. The van der Waals surface area contributed by atoms with Gasteiger partial charge in [-0.15, -0.1) is 0 Å². The van der Waals surface area contributed by atoms with Gasteiger partial charge in [0.2, 0.25) is 0 Å². The van der Waals surface area contributed by atoms with E-state index in [-0.39, 0.29) is 11.6 Å². The van der Waals surface area contributed by atoms with Crippen LogP contribution in [0.1, 0.15) is 21.5 Å². The first kappa shape index (κ1) is 13.3. The van der Waals surface area contributed by atoms with Crippen LogP contribution >= 0.6 is 0 Å². The van der Waals surface area contributed by atoms with E-state index < -0.39 is 4.92 Å². The minimum Gasteiger partial charge on any atom is -0.302 e. The van der Waals surface area contributed by atoms with Crippen LogP contribution in [-0.2, 0) is 6.42 Å². The number of benzene rings is 2. The fourth-order valence-corrected chi connectivity index (χ4v) is 2.72. The van der Waals surface area contributed by atoms with E-state index in [1.54, 1.807) is 18.2 Å². The Hall–Kier alpha value is -2.69. The molecule has 21 heavy (non-hydrogen) atoms. The Bertz CT molecular complexity index is 740. The fourth-order valence-electron chi connectivity index (χ4n) is 2.72. The van der Waals surface area contributed by atoms with E-state index in [0.29, 0.717) is 24.2 Å². The number of hydrogen-bond donors (Lipinski definition) is 0. The number of nitro benzene ring substituents is 1. The molecular formula is C16H14N2O3. The van der Waals surface area contributed by atoms with Crippen molar-refractivity contribution in [2.75, 3.05) is 11.4 Å². The van der Waals surface area contributed by atoms with E-state index >= 15 is 0 Å². The summed E-state index contributed by atoms with van der Waals surface area (Å²) in [6.45, 7) is 2.39. The van der Waals surface area contributed by atoms with Gasteiger partial charge in [-0.05, 0) is 31.0 Å². The second kappa shape index (κ2) is 5.01. The van der Waals surface area contributed by atoms with Gasteiger partial charge in [-0.1, -0.05) is 29.8 Å². The Balaban J connectivity index is 2.05. The van der Waals surface area contributed by atoms with Crippen LogP contribution in [0.4, 0.5) is 11.4 Å². The molecule has 0 bridgehead atoms. The van der Waals surface area contributed by atoms with Crippen molar-refractivity contribution in [2.45, 2.75) is 13.3 Å². The highest BCUT2D eigenvalue weighted by atomic mass is 16.6. The quantitative estimate of drug-likeness (QED) is 0.628. The van der Waals surface area contributed by atoms with E-state index in [1.807, 2.05) is 25.1 Å². The lowest BCUT2D eigenvalue weighted by atomic mass is 10.1. The van der Waals surface area contributed by atoms with Gasteiger partial charge in [0.25, 0.3) is 11.6 Å². The third-order valence-electron chi connectivity index (χ3n) is 3.68. The van der Waals surface area contributed by atoms with Gasteiger partial charge >= 0.3 is 0 Å². The third-order valence-corrected chi connectivity index (χ3v) is 3.68. The van der Waals surface area contributed by atoms with E-state index in [1.165, 1.54) is 11.0 Å². The summed E-state index contributed by atoms with van der Waals surface area (Å²) in [4.78, 5) is 24.9. The molecule has 1 aliphatic heterocycles. The SMILES string of the molecule is Cc1cccc(C(=O)N2CCc3cccc([N+](=O)[O-])c32)c1.